The Morgan fingerprint density at radius 2 is 1.53 bits per heavy atom. The average molecular weight is 452 g/mol. The van der Waals surface area contributed by atoms with Crippen molar-refractivity contribution in [1.82, 2.24) is 0 Å². The first-order valence-corrected chi connectivity index (χ1v) is 12.1. The molecule has 1 aliphatic heterocycles. The summed E-state index contributed by atoms with van der Waals surface area (Å²) in [5.74, 6) is -0.486. The van der Waals surface area contributed by atoms with E-state index < -0.39 is 20.9 Å². The second-order valence-corrected chi connectivity index (χ2v) is 10.4. The van der Waals surface area contributed by atoms with Crippen LogP contribution in [0.4, 0.5) is 4.39 Å². The molecule has 0 fully saturated rings. The van der Waals surface area contributed by atoms with Gasteiger partial charge in [-0.3, -0.25) is 0 Å². The van der Waals surface area contributed by atoms with E-state index in [0.717, 1.165) is 11.1 Å². The van der Waals surface area contributed by atoms with Gasteiger partial charge in [-0.1, -0.05) is 79.7 Å². The number of ether oxygens (including phenoxy) is 1. The summed E-state index contributed by atoms with van der Waals surface area (Å²) >= 11 is 0. The largest absolute Gasteiger partial charge is 0.472 e. The smallest absolute Gasteiger partial charge is 0.267 e. The Hall–Kier alpha value is -2.99. The van der Waals surface area contributed by atoms with E-state index in [-0.39, 0.29) is 24.1 Å². The van der Waals surface area contributed by atoms with E-state index >= 15 is 0 Å². The number of nitrogens with zero attached hydrogens (tertiary/aromatic N) is 1. The Morgan fingerprint density at radius 1 is 0.938 bits per heavy atom. The van der Waals surface area contributed by atoms with E-state index in [9.17, 15) is 12.8 Å². The summed E-state index contributed by atoms with van der Waals surface area (Å²) in [4.78, 5) is 0. The van der Waals surface area contributed by atoms with Gasteiger partial charge in [-0.15, -0.1) is 4.40 Å². The van der Waals surface area contributed by atoms with Crippen LogP contribution in [0.25, 0.3) is 11.1 Å². The van der Waals surface area contributed by atoms with Gasteiger partial charge in [0.2, 0.25) is 5.90 Å². The molecule has 2 atom stereocenters. The Labute approximate surface area is 188 Å². The number of hydrogen-bond donors (Lipinski definition) is 0. The minimum Gasteiger partial charge on any atom is -0.472 e. The molecule has 3 aromatic rings. The van der Waals surface area contributed by atoms with E-state index in [1.807, 2.05) is 61.5 Å². The summed E-state index contributed by atoms with van der Waals surface area (Å²) in [6.45, 7) is 5.34. The third kappa shape index (κ3) is 4.46. The standard InChI is InChI=1S/C26H26FNO3S/c1-18(22-11-7-8-12-23(22)27)17-24-28-32(29,30)25(26(2,3)31-24)21-15-13-20(14-16-21)19-9-5-4-6-10-19/h4-16,18,25H,17H2,1-3H3/t18-,25?/m1/s1. The quantitative estimate of drug-likeness (QED) is 0.460. The Balaban J connectivity index is 1.61. The topological polar surface area (TPSA) is 55.7 Å². The molecule has 0 aromatic heterocycles. The zero-order chi connectivity index (χ0) is 22.9. The molecule has 166 valence electrons. The predicted octanol–water partition coefficient (Wildman–Crippen LogP) is 6.26. The molecule has 0 aliphatic carbocycles. The number of hydrogen-bond acceptors (Lipinski definition) is 3. The van der Waals surface area contributed by atoms with Crippen LogP contribution in [0.15, 0.2) is 83.3 Å². The highest BCUT2D eigenvalue weighted by Gasteiger charge is 2.47. The van der Waals surface area contributed by atoms with Gasteiger partial charge in [0.15, 0.2) is 0 Å². The van der Waals surface area contributed by atoms with E-state index in [2.05, 4.69) is 4.40 Å². The van der Waals surface area contributed by atoms with Crippen molar-refractivity contribution in [1.29, 1.82) is 0 Å². The van der Waals surface area contributed by atoms with Crippen molar-refractivity contribution in [2.45, 2.75) is 44.0 Å². The molecule has 4 rings (SSSR count). The first kappa shape index (κ1) is 22.2. The van der Waals surface area contributed by atoms with Gasteiger partial charge in [0.1, 0.15) is 16.7 Å². The summed E-state index contributed by atoms with van der Waals surface area (Å²) in [5, 5.41) is -0.938. The summed E-state index contributed by atoms with van der Waals surface area (Å²) in [6.07, 6.45) is 0.198. The van der Waals surface area contributed by atoms with E-state index in [4.69, 9.17) is 4.74 Å². The van der Waals surface area contributed by atoms with Crippen LogP contribution < -0.4 is 0 Å². The Kier molecular flexibility index (Phi) is 5.91. The van der Waals surface area contributed by atoms with E-state index in [1.165, 1.54) is 6.07 Å². The van der Waals surface area contributed by atoms with Crippen LogP contribution in [0.1, 0.15) is 49.5 Å². The molecule has 0 bridgehead atoms. The van der Waals surface area contributed by atoms with Crippen molar-refractivity contribution >= 4 is 15.9 Å². The van der Waals surface area contributed by atoms with Gasteiger partial charge in [-0.25, -0.2) is 12.8 Å². The SMILES string of the molecule is C[C@H](CC1=NS(=O)(=O)C(c2ccc(-c3ccccc3)cc2)C(C)(C)O1)c1ccccc1F. The molecule has 4 nitrogen and oxygen atoms in total. The molecule has 1 unspecified atom stereocenters. The van der Waals surface area contributed by atoms with Crippen LogP contribution in [-0.2, 0) is 14.8 Å². The molecule has 0 saturated heterocycles. The second-order valence-electron chi connectivity index (χ2n) is 8.70. The van der Waals surface area contributed by atoms with Crippen LogP contribution in [0, 0.1) is 5.82 Å². The average Bonchev–Trinajstić information content (AvgIpc) is 2.73. The third-order valence-electron chi connectivity index (χ3n) is 5.78. The third-order valence-corrected chi connectivity index (χ3v) is 7.67. The lowest BCUT2D eigenvalue weighted by atomic mass is 9.94. The van der Waals surface area contributed by atoms with Crippen molar-refractivity contribution < 1.29 is 17.5 Å². The molecule has 1 heterocycles. The van der Waals surface area contributed by atoms with Crippen LogP contribution >= 0.6 is 0 Å². The minimum atomic E-state index is -3.88. The van der Waals surface area contributed by atoms with Crippen LogP contribution in [0.5, 0.6) is 0 Å². The van der Waals surface area contributed by atoms with Gasteiger partial charge in [0.05, 0.1) is 0 Å². The molecule has 0 amide bonds. The first-order valence-electron chi connectivity index (χ1n) is 10.6. The van der Waals surface area contributed by atoms with Gasteiger partial charge in [0.25, 0.3) is 10.0 Å². The lowest BCUT2D eigenvalue weighted by molar-refractivity contribution is 0.0803. The highest BCUT2D eigenvalue weighted by atomic mass is 32.2. The molecule has 6 heteroatoms. The molecule has 3 aromatic carbocycles. The molecular formula is C26H26FNO3S. The zero-order valence-electron chi connectivity index (χ0n) is 18.3. The number of halogens is 1. The Bertz CT molecular complexity index is 1240. The molecule has 32 heavy (non-hydrogen) atoms. The van der Waals surface area contributed by atoms with Gasteiger partial charge < -0.3 is 4.74 Å². The van der Waals surface area contributed by atoms with Crippen LogP contribution in [0.2, 0.25) is 0 Å². The van der Waals surface area contributed by atoms with Gasteiger partial charge in [-0.2, -0.15) is 0 Å². The van der Waals surface area contributed by atoms with Gasteiger partial charge >= 0.3 is 0 Å². The fourth-order valence-corrected chi connectivity index (χ4v) is 6.08. The lowest BCUT2D eigenvalue weighted by Gasteiger charge is -2.37. The number of sulfonamides is 1. The number of benzene rings is 3. The number of rotatable bonds is 5. The monoisotopic (exact) mass is 451 g/mol. The van der Waals surface area contributed by atoms with Crippen molar-refractivity contribution in [2.75, 3.05) is 0 Å². The summed E-state index contributed by atoms with van der Waals surface area (Å²) < 4.78 is 50.6. The van der Waals surface area contributed by atoms with Crippen molar-refractivity contribution in [2.24, 2.45) is 4.40 Å². The lowest BCUT2D eigenvalue weighted by Crippen LogP contribution is -2.43. The van der Waals surface area contributed by atoms with E-state index in [1.54, 1.807) is 32.0 Å². The first-order chi connectivity index (χ1) is 15.2. The normalized spacial score (nSPS) is 20.1. The van der Waals surface area contributed by atoms with Crippen LogP contribution in [-0.4, -0.2) is 19.9 Å². The molecule has 0 radical (unpaired) electrons. The fraction of sp³-hybridized carbons (Fsp3) is 0.269. The molecule has 0 N–H and O–H groups in total. The maximum Gasteiger partial charge on any atom is 0.267 e. The summed E-state index contributed by atoms with van der Waals surface area (Å²) in [5.41, 5.74) is 2.17. The molecular weight excluding hydrogens is 425 g/mol. The maximum absolute atomic E-state index is 14.1. The Morgan fingerprint density at radius 3 is 2.16 bits per heavy atom. The van der Waals surface area contributed by atoms with Crippen LogP contribution in [0.3, 0.4) is 0 Å². The van der Waals surface area contributed by atoms with E-state index in [0.29, 0.717) is 11.1 Å². The summed E-state index contributed by atoms with van der Waals surface area (Å²) in [6, 6.07) is 23.8. The molecule has 0 saturated carbocycles. The highest BCUT2D eigenvalue weighted by Crippen LogP contribution is 2.42. The van der Waals surface area contributed by atoms with Crippen molar-refractivity contribution in [3.8, 4) is 11.1 Å². The highest BCUT2D eigenvalue weighted by molar-refractivity contribution is 7.90. The van der Waals surface area contributed by atoms with Crippen molar-refractivity contribution in [3.63, 3.8) is 0 Å². The molecule has 1 aliphatic rings. The predicted molar refractivity (Wildman–Crippen MR) is 126 cm³/mol. The van der Waals surface area contributed by atoms with Gasteiger partial charge in [-0.05, 0) is 48.1 Å². The second kappa shape index (κ2) is 8.51. The summed E-state index contributed by atoms with van der Waals surface area (Å²) in [7, 11) is -3.88. The zero-order valence-corrected chi connectivity index (χ0v) is 19.1. The van der Waals surface area contributed by atoms with Gasteiger partial charge in [0, 0.05) is 6.42 Å². The van der Waals surface area contributed by atoms with Crippen molar-refractivity contribution in [3.05, 3.63) is 95.8 Å². The minimum absolute atomic E-state index is 0.114. The maximum atomic E-state index is 14.1. The molecule has 0 spiro atoms. The fourth-order valence-electron chi connectivity index (χ4n) is 4.31.